The Balaban J connectivity index is 1.92. The van der Waals surface area contributed by atoms with E-state index in [1.165, 1.54) is 30.0 Å². The molecule has 6 heteroatoms. The van der Waals surface area contributed by atoms with E-state index >= 15 is 0 Å². The van der Waals surface area contributed by atoms with Gasteiger partial charge in [0, 0.05) is 17.7 Å². The zero-order chi connectivity index (χ0) is 13.7. The number of rotatable bonds is 6. The molecular formula is C13H11NO4S. The highest BCUT2D eigenvalue weighted by molar-refractivity contribution is 7.99. The fourth-order valence-electron chi connectivity index (χ4n) is 1.52. The normalized spacial score (nSPS) is 10.3. The number of hydrogen-bond donors (Lipinski definition) is 0. The summed E-state index contributed by atoms with van der Waals surface area (Å²) in [6.07, 6.45) is 1.58. The van der Waals surface area contributed by atoms with Gasteiger partial charge >= 0.3 is 0 Å². The zero-order valence-electron chi connectivity index (χ0n) is 9.94. The van der Waals surface area contributed by atoms with Gasteiger partial charge in [0.2, 0.25) is 0 Å². The maximum Gasteiger partial charge on any atom is 0.270 e. The van der Waals surface area contributed by atoms with Crippen molar-refractivity contribution in [3.05, 3.63) is 64.1 Å². The van der Waals surface area contributed by atoms with Crippen LogP contribution in [0.15, 0.2) is 47.1 Å². The Hall–Kier alpha value is -2.08. The summed E-state index contributed by atoms with van der Waals surface area (Å²) in [7, 11) is 0. The quantitative estimate of drug-likeness (QED) is 0.460. The molecule has 2 rings (SSSR count). The van der Waals surface area contributed by atoms with Crippen LogP contribution in [0.1, 0.15) is 16.1 Å². The molecule has 0 aliphatic heterocycles. The molecular weight excluding hydrogens is 266 g/mol. The van der Waals surface area contributed by atoms with Crippen LogP contribution in [0.25, 0.3) is 0 Å². The first-order valence-corrected chi connectivity index (χ1v) is 6.70. The summed E-state index contributed by atoms with van der Waals surface area (Å²) < 4.78 is 5.15. The second kappa shape index (κ2) is 6.19. The largest absolute Gasteiger partial charge is 0.468 e. The number of nitro groups is 1. The number of Topliss-reactive ketones (excluding diaryl/α,β-unsaturated/α-hetero) is 1. The zero-order valence-corrected chi connectivity index (χ0v) is 10.8. The first-order chi connectivity index (χ1) is 9.16. The van der Waals surface area contributed by atoms with E-state index in [1.807, 2.05) is 6.07 Å². The number of hydrogen-bond acceptors (Lipinski definition) is 5. The van der Waals surface area contributed by atoms with E-state index in [0.717, 1.165) is 5.76 Å². The van der Waals surface area contributed by atoms with Crippen molar-refractivity contribution in [1.82, 2.24) is 0 Å². The molecule has 0 aliphatic carbocycles. The van der Waals surface area contributed by atoms with Crippen molar-refractivity contribution in [1.29, 1.82) is 0 Å². The summed E-state index contributed by atoms with van der Waals surface area (Å²) in [5.41, 5.74) is 0.294. The van der Waals surface area contributed by atoms with Crippen LogP contribution in [0, 0.1) is 10.1 Å². The summed E-state index contributed by atoms with van der Waals surface area (Å²) in [5.74, 6) is 1.55. The van der Waals surface area contributed by atoms with Crippen LogP contribution in [0.5, 0.6) is 0 Å². The number of ketones is 1. The molecule has 0 saturated heterocycles. The SMILES string of the molecule is O=C(CSCc1ccco1)c1cccc([N+](=O)[O-])c1. The minimum atomic E-state index is -0.507. The average molecular weight is 277 g/mol. The lowest BCUT2D eigenvalue weighted by Crippen LogP contribution is -2.03. The molecule has 0 bridgehead atoms. The molecule has 1 aromatic carbocycles. The number of nitrogens with zero attached hydrogens (tertiary/aromatic N) is 1. The van der Waals surface area contributed by atoms with Crippen molar-refractivity contribution >= 4 is 23.2 Å². The Morgan fingerprint density at radius 3 is 2.84 bits per heavy atom. The topological polar surface area (TPSA) is 73.3 Å². The summed E-state index contributed by atoms with van der Waals surface area (Å²) in [6.45, 7) is 0. The number of carbonyl (C=O) groups is 1. The third-order valence-corrected chi connectivity index (χ3v) is 3.39. The molecule has 0 fully saturated rings. The van der Waals surface area contributed by atoms with E-state index in [0.29, 0.717) is 11.3 Å². The minimum absolute atomic E-state index is 0.0677. The number of non-ortho nitro benzene ring substituents is 1. The van der Waals surface area contributed by atoms with Crippen LogP contribution >= 0.6 is 11.8 Å². The molecule has 0 unspecified atom stereocenters. The Morgan fingerprint density at radius 2 is 2.16 bits per heavy atom. The summed E-state index contributed by atoms with van der Waals surface area (Å²) >= 11 is 1.42. The van der Waals surface area contributed by atoms with Gasteiger partial charge in [0.25, 0.3) is 5.69 Å². The predicted molar refractivity (Wildman–Crippen MR) is 72.3 cm³/mol. The fraction of sp³-hybridized carbons (Fsp3) is 0.154. The van der Waals surface area contributed by atoms with E-state index in [1.54, 1.807) is 18.4 Å². The number of thioether (sulfide) groups is 1. The van der Waals surface area contributed by atoms with Gasteiger partial charge in [0.05, 0.1) is 22.7 Å². The standard InChI is InChI=1S/C13H11NO4S/c15-13(9-19-8-12-5-2-6-18-12)10-3-1-4-11(7-10)14(16)17/h1-7H,8-9H2. The summed E-state index contributed by atoms with van der Waals surface area (Å²) in [4.78, 5) is 22.0. The molecule has 2 aromatic rings. The van der Waals surface area contributed by atoms with Crippen molar-refractivity contribution in [2.45, 2.75) is 5.75 Å². The van der Waals surface area contributed by atoms with E-state index in [2.05, 4.69) is 0 Å². The Labute approximate surface area is 113 Å². The highest BCUT2D eigenvalue weighted by Crippen LogP contribution is 2.17. The lowest BCUT2D eigenvalue weighted by Gasteiger charge is -2.00. The number of benzene rings is 1. The second-order valence-electron chi connectivity index (χ2n) is 3.80. The molecule has 0 amide bonds. The van der Waals surface area contributed by atoms with Crippen LogP contribution in [0.4, 0.5) is 5.69 Å². The maximum absolute atomic E-state index is 11.9. The Bertz CT molecular complexity index is 580. The monoisotopic (exact) mass is 277 g/mol. The van der Waals surface area contributed by atoms with Gasteiger partial charge in [-0.15, -0.1) is 11.8 Å². The maximum atomic E-state index is 11.9. The molecule has 19 heavy (non-hydrogen) atoms. The minimum Gasteiger partial charge on any atom is -0.468 e. The molecule has 0 aliphatic rings. The number of furan rings is 1. The van der Waals surface area contributed by atoms with Gasteiger partial charge in [-0.3, -0.25) is 14.9 Å². The van der Waals surface area contributed by atoms with Crippen LogP contribution in [0.2, 0.25) is 0 Å². The fourth-order valence-corrected chi connectivity index (χ4v) is 2.33. The molecule has 0 spiro atoms. The van der Waals surface area contributed by atoms with Crippen molar-refractivity contribution < 1.29 is 14.1 Å². The Morgan fingerprint density at radius 1 is 1.32 bits per heavy atom. The van der Waals surface area contributed by atoms with Gasteiger partial charge in [-0.25, -0.2) is 0 Å². The molecule has 0 atom stereocenters. The smallest absolute Gasteiger partial charge is 0.270 e. The van der Waals surface area contributed by atoms with E-state index in [9.17, 15) is 14.9 Å². The molecule has 0 saturated carbocycles. The lowest BCUT2D eigenvalue weighted by atomic mass is 10.1. The molecule has 5 nitrogen and oxygen atoms in total. The van der Waals surface area contributed by atoms with Gasteiger partial charge in [-0.05, 0) is 12.1 Å². The van der Waals surface area contributed by atoms with Crippen LogP contribution in [0.3, 0.4) is 0 Å². The number of carbonyl (C=O) groups excluding carboxylic acids is 1. The molecule has 0 N–H and O–H groups in total. The third-order valence-electron chi connectivity index (χ3n) is 2.44. The van der Waals surface area contributed by atoms with E-state index in [4.69, 9.17) is 4.42 Å². The van der Waals surface area contributed by atoms with Crippen LogP contribution < -0.4 is 0 Å². The first-order valence-electron chi connectivity index (χ1n) is 5.54. The van der Waals surface area contributed by atoms with Gasteiger partial charge in [0.1, 0.15) is 5.76 Å². The third kappa shape index (κ3) is 3.69. The van der Waals surface area contributed by atoms with Crippen LogP contribution in [-0.4, -0.2) is 16.5 Å². The van der Waals surface area contributed by atoms with Gasteiger partial charge < -0.3 is 4.42 Å². The van der Waals surface area contributed by atoms with E-state index in [-0.39, 0.29) is 17.2 Å². The highest BCUT2D eigenvalue weighted by atomic mass is 32.2. The molecule has 0 radical (unpaired) electrons. The van der Waals surface area contributed by atoms with Gasteiger partial charge in [0.15, 0.2) is 5.78 Å². The molecule has 1 heterocycles. The summed E-state index contributed by atoms with van der Waals surface area (Å²) in [6, 6.07) is 9.40. The lowest BCUT2D eigenvalue weighted by molar-refractivity contribution is -0.384. The number of nitro benzene ring substituents is 1. The summed E-state index contributed by atoms with van der Waals surface area (Å²) in [5, 5.41) is 10.6. The predicted octanol–water partition coefficient (Wildman–Crippen LogP) is 3.30. The van der Waals surface area contributed by atoms with Crippen LogP contribution in [-0.2, 0) is 5.75 Å². The van der Waals surface area contributed by atoms with Crippen molar-refractivity contribution in [2.75, 3.05) is 5.75 Å². The second-order valence-corrected chi connectivity index (χ2v) is 4.79. The highest BCUT2D eigenvalue weighted by Gasteiger charge is 2.11. The van der Waals surface area contributed by atoms with Gasteiger partial charge in [-0.1, -0.05) is 12.1 Å². The van der Waals surface area contributed by atoms with Crippen molar-refractivity contribution in [2.24, 2.45) is 0 Å². The average Bonchev–Trinajstić information content (AvgIpc) is 2.92. The Kier molecular flexibility index (Phi) is 4.35. The molecule has 1 aromatic heterocycles. The van der Waals surface area contributed by atoms with Crippen molar-refractivity contribution in [3.63, 3.8) is 0 Å². The first kappa shape index (κ1) is 13.4. The van der Waals surface area contributed by atoms with E-state index < -0.39 is 4.92 Å². The molecule has 98 valence electrons. The van der Waals surface area contributed by atoms with Gasteiger partial charge in [-0.2, -0.15) is 0 Å². The van der Waals surface area contributed by atoms with Crippen molar-refractivity contribution in [3.8, 4) is 0 Å².